The normalized spacial score (nSPS) is 12.4. The number of rotatable bonds is 8. The van der Waals surface area contributed by atoms with Gasteiger partial charge in [-0.1, -0.05) is 23.4 Å². The van der Waals surface area contributed by atoms with Gasteiger partial charge in [0.15, 0.2) is 6.29 Å². The molecule has 116 valence electrons. The molecule has 0 heterocycles. The van der Waals surface area contributed by atoms with E-state index in [2.05, 4.69) is 9.99 Å². The second kappa shape index (κ2) is 9.10. The van der Waals surface area contributed by atoms with E-state index in [1.165, 1.54) is 12.0 Å². The topological polar surface area (TPSA) is 60.4 Å². The third kappa shape index (κ3) is 5.53. The molecule has 1 rings (SSSR count). The van der Waals surface area contributed by atoms with Crippen LogP contribution >= 0.6 is 0 Å². The summed E-state index contributed by atoms with van der Waals surface area (Å²) < 4.78 is 10.9. The molecule has 0 bridgehead atoms. The van der Waals surface area contributed by atoms with Gasteiger partial charge in [-0.25, -0.2) is 0 Å². The van der Waals surface area contributed by atoms with Crippen LogP contribution in [-0.2, 0) is 25.7 Å². The van der Waals surface area contributed by atoms with E-state index in [-0.39, 0.29) is 12.2 Å². The molecule has 1 unspecified atom stereocenters. The Hall–Kier alpha value is -1.92. The van der Waals surface area contributed by atoms with E-state index in [1.54, 1.807) is 7.05 Å². The number of nitrogens with zero attached hydrogens (tertiary/aromatic N) is 2. The van der Waals surface area contributed by atoms with Crippen molar-refractivity contribution in [2.24, 2.45) is 5.16 Å². The minimum atomic E-state index is -0.292. The molecule has 0 aromatic heterocycles. The van der Waals surface area contributed by atoms with Crippen molar-refractivity contribution in [1.29, 1.82) is 0 Å². The smallest absolute Gasteiger partial charge is 0.272 e. The number of carbonyl (C=O) groups excluding carboxylic acids is 1. The van der Waals surface area contributed by atoms with Crippen LogP contribution < -0.4 is 4.90 Å². The summed E-state index contributed by atoms with van der Waals surface area (Å²) in [5.74, 6) is -0.276. The first kappa shape index (κ1) is 17.1. The highest BCUT2D eigenvalue weighted by atomic mass is 16.7. The number of oxime groups is 1. The van der Waals surface area contributed by atoms with E-state index in [0.29, 0.717) is 13.2 Å². The Labute approximate surface area is 125 Å². The number of para-hydroxylation sites is 1. The van der Waals surface area contributed by atoms with Gasteiger partial charge in [0, 0.05) is 24.9 Å². The zero-order valence-corrected chi connectivity index (χ0v) is 12.9. The minimum absolute atomic E-state index is 0.276. The Balaban J connectivity index is 2.78. The molecule has 0 saturated carbocycles. The van der Waals surface area contributed by atoms with Crippen molar-refractivity contribution in [2.75, 3.05) is 25.7 Å². The van der Waals surface area contributed by atoms with Crippen molar-refractivity contribution in [1.82, 2.24) is 0 Å². The molecule has 0 aliphatic rings. The van der Waals surface area contributed by atoms with Crippen molar-refractivity contribution in [3.05, 3.63) is 29.8 Å². The molecule has 0 saturated heterocycles. The van der Waals surface area contributed by atoms with Gasteiger partial charge in [0.05, 0.1) is 6.61 Å². The van der Waals surface area contributed by atoms with Crippen LogP contribution in [0, 0.1) is 0 Å². The zero-order valence-electron chi connectivity index (χ0n) is 12.9. The summed E-state index contributed by atoms with van der Waals surface area (Å²) in [7, 11) is 3.06. The molecule has 0 fully saturated rings. The third-order valence-corrected chi connectivity index (χ3v) is 2.83. The lowest BCUT2D eigenvalue weighted by atomic mass is 10.1. The highest BCUT2D eigenvalue weighted by Crippen LogP contribution is 2.20. The van der Waals surface area contributed by atoms with Gasteiger partial charge in [-0.15, -0.1) is 0 Å². The van der Waals surface area contributed by atoms with Crippen molar-refractivity contribution in [3.8, 4) is 0 Å². The number of amides is 1. The van der Waals surface area contributed by atoms with Crippen LogP contribution in [0.3, 0.4) is 0 Å². The summed E-state index contributed by atoms with van der Waals surface area (Å²) in [5.41, 5.74) is 1.65. The molecule has 0 N–H and O–H groups in total. The molecular formula is C15H22N2O4. The van der Waals surface area contributed by atoms with Crippen LogP contribution in [-0.4, -0.2) is 39.2 Å². The Morgan fingerprint density at radius 3 is 2.76 bits per heavy atom. The molecule has 0 aliphatic carbocycles. The predicted molar refractivity (Wildman–Crippen MR) is 81.2 cm³/mol. The first-order chi connectivity index (χ1) is 10.1. The first-order valence-electron chi connectivity index (χ1n) is 6.75. The van der Waals surface area contributed by atoms with E-state index in [0.717, 1.165) is 17.5 Å². The standard InChI is InChI=1S/C15H22N2O4/c1-5-20-12(2)21-11-13-8-6-7-9-14(13)17(3)15(18)10-16-19-4/h6-10,12H,5,11H2,1-4H3. The van der Waals surface area contributed by atoms with Crippen LogP contribution in [0.25, 0.3) is 0 Å². The monoisotopic (exact) mass is 294 g/mol. The van der Waals surface area contributed by atoms with E-state index < -0.39 is 0 Å². The second-order valence-electron chi connectivity index (χ2n) is 4.28. The third-order valence-electron chi connectivity index (χ3n) is 2.83. The lowest BCUT2D eigenvalue weighted by Gasteiger charge is -2.20. The van der Waals surface area contributed by atoms with E-state index >= 15 is 0 Å². The number of benzene rings is 1. The van der Waals surface area contributed by atoms with Gasteiger partial charge in [0.2, 0.25) is 0 Å². The van der Waals surface area contributed by atoms with Crippen LogP contribution in [0.4, 0.5) is 5.69 Å². The minimum Gasteiger partial charge on any atom is -0.399 e. The van der Waals surface area contributed by atoms with Crippen molar-refractivity contribution < 1.29 is 19.1 Å². The fourth-order valence-electron chi connectivity index (χ4n) is 1.75. The predicted octanol–water partition coefficient (Wildman–Crippen LogP) is 2.18. The van der Waals surface area contributed by atoms with Gasteiger partial charge < -0.3 is 19.2 Å². The average Bonchev–Trinajstić information content (AvgIpc) is 2.50. The Bertz CT molecular complexity index is 476. The lowest BCUT2D eigenvalue weighted by Crippen LogP contribution is -2.28. The van der Waals surface area contributed by atoms with Crippen molar-refractivity contribution in [2.45, 2.75) is 26.7 Å². The summed E-state index contributed by atoms with van der Waals surface area (Å²) >= 11 is 0. The van der Waals surface area contributed by atoms with E-state index in [1.807, 2.05) is 38.1 Å². The Morgan fingerprint density at radius 2 is 2.10 bits per heavy atom. The molecule has 0 radical (unpaired) electrons. The maximum atomic E-state index is 11.9. The van der Waals surface area contributed by atoms with Gasteiger partial charge in [0.25, 0.3) is 5.91 Å². The fraction of sp³-hybridized carbons (Fsp3) is 0.467. The largest absolute Gasteiger partial charge is 0.399 e. The zero-order chi connectivity index (χ0) is 15.7. The molecule has 1 aromatic rings. The van der Waals surface area contributed by atoms with Crippen molar-refractivity contribution in [3.63, 3.8) is 0 Å². The summed E-state index contributed by atoms with van der Waals surface area (Å²) in [6.45, 7) is 4.70. The number of hydrogen-bond acceptors (Lipinski definition) is 5. The Kier molecular flexibility index (Phi) is 7.42. The molecule has 21 heavy (non-hydrogen) atoms. The fourth-order valence-corrected chi connectivity index (χ4v) is 1.75. The van der Waals surface area contributed by atoms with Crippen LogP contribution in [0.1, 0.15) is 19.4 Å². The molecule has 1 amide bonds. The summed E-state index contributed by atoms with van der Waals surface area (Å²) in [5, 5.41) is 3.48. The quantitative estimate of drug-likeness (QED) is 0.419. The van der Waals surface area contributed by atoms with Gasteiger partial charge in [0.1, 0.15) is 13.3 Å². The van der Waals surface area contributed by atoms with Gasteiger partial charge >= 0.3 is 0 Å². The van der Waals surface area contributed by atoms with Crippen LogP contribution in [0.2, 0.25) is 0 Å². The number of carbonyl (C=O) groups is 1. The van der Waals surface area contributed by atoms with E-state index in [9.17, 15) is 4.79 Å². The average molecular weight is 294 g/mol. The molecule has 0 spiro atoms. The lowest BCUT2D eigenvalue weighted by molar-refractivity contribution is -0.134. The first-order valence-corrected chi connectivity index (χ1v) is 6.75. The van der Waals surface area contributed by atoms with Gasteiger partial charge in [-0.3, -0.25) is 4.79 Å². The van der Waals surface area contributed by atoms with Gasteiger partial charge in [-0.2, -0.15) is 0 Å². The molecule has 1 aromatic carbocycles. The maximum absolute atomic E-state index is 11.9. The SMILES string of the molecule is CCOC(C)OCc1ccccc1N(C)C(=O)C=NOC. The molecule has 6 heteroatoms. The van der Waals surface area contributed by atoms with Crippen LogP contribution in [0.15, 0.2) is 29.4 Å². The van der Waals surface area contributed by atoms with Crippen molar-refractivity contribution >= 4 is 17.8 Å². The maximum Gasteiger partial charge on any atom is 0.272 e. The Morgan fingerprint density at radius 1 is 1.38 bits per heavy atom. The van der Waals surface area contributed by atoms with E-state index in [4.69, 9.17) is 9.47 Å². The number of ether oxygens (including phenoxy) is 2. The molecule has 1 atom stereocenters. The van der Waals surface area contributed by atoms with Crippen LogP contribution in [0.5, 0.6) is 0 Å². The molecule has 0 aliphatic heterocycles. The summed E-state index contributed by atoms with van der Waals surface area (Å²) in [6, 6.07) is 7.52. The van der Waals surface area contributed by atoms with Gasteiger partial charge in [-0.05, 0) is 19.9 Å². The highest BCUT2D eigenvalue weighted by Gasteiger charge is 2.13. The second-order valence-corrected chi connectivity index (χ2v) is 4.28. The highest BCUT2D eigenvalue weighted by molar-refractivity contribution is 6.32. The summed E-state index contributed by atoms with van der Waals surface area (Å²) in [6.07, 6.45) is 0.833. The molecule has 6 nitrogen and oxygen atoms in total. The number of hydrogen-bond donors (Lipinski definition) is 0. The number of anilines is 1. The summed E-state index contributed by atoms with van der Waals surface area (Å²) in [4.78, 5) is 17.9. The molecular weight excluding hydrogens is 272 g/mol.